The van der Waals surface area contributed by atoms with Crippen molar-refractivity contribution in [3.8, 4) is 0 Å². The van der Waals surface area contributed by atoms with Gasteiger partial charge in [0.2, 0.25) is 0 Å². The van der Waals surface area contributed by atoms with E-state index in [1.165, 1.54) is 6.92 Å². The van der Waals surface area contributed by atoms with Gasteiger partial charge in [-0.3, -0.25) is 19.2 Å². The largest absolute Gasteiger partial charge is 0.456 e. The lowest BCUT2D eigenvalue weighted by molar-refractivity contribution is -0.147. The second-order valence-corrected chi connectivity index (χ2v) is 8.18. The van der Waals surface area contributed by atoms with Crippen LogP contribution in [0.15, 0.2) is 48.5 Å². The van der Waals surface area contributed by atoms with Gasteiger partial charge in [-0.15, -0.1) is 0 Å². The Balaban J connectivity index is 1.70. The molecule has 0 fully saturated rings. The van der Waals surface area contributed by atoms with Crippen LogP contribution in [0.4, 0.5) is 5.69 Å². The molecule has 0 saturated carbocycles. The predicted octanol–water partition coefficient (Wildman–Crippen LogP) is 3.49. The number of carbonyl (C=O) groups is 4. The average Bonchev–Trinajstić information content (AvgIpc) is 2.72. The second-order valence-electron chi connectivity index (χ2n) is 8.18. The average molecular weight is 424 g/mol. The molecule has 2 aromatic rings. The summed E-state index contributed by atoms with van der Waals surface area (Å²) < 4.78 is 4.92. The number of esters is 1. The first kappa shape index (κ1) is 23.8. The van der Waals surface area contributed by atoms with Gasteiger partial charge < -0.3 is 15.4 Å². The molecule has 0 bridgehead atoms. The predicted molar refractivity (Wildman–Crippen MR) is 118 cm³/mol. The fraction of sp³-hybridized carbons (Fsp3) is 0.333. The lowest BCUT2D eigenvalue weighted by Gasteiger charge is -2.19. The van der Waals surface area contributed by atoms with Gasteiger partial charge in [0, 0.05) is 23.4 Å². The van der Waals surface area contributed by atoms with E-state index < -0.39 is 18.5 Å². The molecule has 2 amide bonds. The molecule has 31 heavy (non-hydrogen) atoms. The Morgan fingerprint density at radius 2 is 1.45 bits per heavy atom. The molecule has 164 valence electrons. The molecule has 7 heteroatoms. The maximum absolute atomic E-state index is 12.2. The van der Waals surface area contributed by atoms with Gasteiger partial charge in [-0.2, -0.15) is 0 Å². The standard InChI is InChI=1S/C24H28N2O5/c1-16(27)17-7-11-20(12-8-17)26-21(28)15-31-22(29)13-14-25-23(30)18-5-9-19(10-6-18)24(2,3)4/h5-12H,13-15H2,1-4H3,(H,25,30)(H,26,28). The van der Waals surface area contributed by atoms with Crippen LogP contribution in [-0.4, -0.2) is 36.7 Å². The molecule has 0 atom stereocenters. The minimum atomic E-state index is -0.592. The van der Waals surface area contributed by atoms with E-state index in [1.54, 1.807) is 36.4 Å². The van der Waals surface area contributed by atoms with Crippen LogP contribution in [0, 0.1) is 0 Å². The topological polar surface area (TPSA) is 102 Å². The Bertz CT molecular complexity index is 941. The highest BCUT2D eigenvalue weighted by Gasteiger charge is 2.14. The minimum Gasteiger partial charge on any atom is -0.456 e. The van der Waals surface area contributed by atoms with E-state index in [4.69, 9.17) is 4.74 Å². The zero-order chi connectivity index (χ0) is 23.0. The number of anilines is 1. The number of ketones is 1. The van der Waals surface area contributed by atoms with E-state index in [2.05, 4.69) is 31.4 Å². The summed E-state index contributed by atoms with van der Waals surface area (Å²) in [6.07, 6.45) is -0.0492. The number of benzene rings is 2. The number of carbonyl (C=O) groups excluding carboxylic acids is 4. The van der Waals surface area contributed by atoms with E-state index >= 15 is 0 Å². The van der Waals surface area contributed by atoms with Gasteiger partial charge >= 0.3 is 5.97 Å². The molecule has 0 aliphatic heterocycles. The van der Waals surface area contributed by atoms with Crippen molar-refractivity contribution in [2.45, 2.75) is 39.5 Å². The van der Waals surface area contributed by atoms with Gasteiger partial charge in [-0.1, -0.05) is 32.9 Å². The molecular weight excluding hydrogens is 396 g/mol. The monoisotopic (exact) mass is 424 g/mol. The maximum Gasteiger partial charge on any atom is 0.308 e. The number of ether oxygens (including phenoxy) is 1. The van der Waals surface area contributed by atoms with Crippen LogP contribution in [0.25, 0.3) is 0 Å². The zero-order valence-electron chi connectivity index (χ0n) is 18.3. The molecule has 2 N–H and O–H groups in total. The third kappa shape index (κ3) is 7.70. The normalized spacial score (nSPS) is 10.8. The zero-order valence-corrected chi connectivity index (χ0v) is 18.3. The van der Waals surface area contributed by atoms with Crippen LogP contribution in [0.3, 0.4) is 0 Å². The third-order valence-corrected chi connectivity index (χ3v) is 4.57. The van der Waals surface area contributed by atoms with Crippen molar-refractivity contribution in [3.63, 3.8) is 0 Å². The summed E-state index contributed by atoms with van der Waals surface area (Å²) in [5.74, 6) is -1.43. The van der Waals surface area contributed by atoms with Gasteiger partial charge in [-0.05, 0) is 54.3 Å². The fourth-order valence-corrected chi connectivity index (χ4v) is 2.71. The van der Waals surface area contributed by atoms with Crippen molar-refractivity contribution in [1.82, 2.24) is 5.32 Å². The van der Waals surface area contributed by atoms with E-state index in [9.17, 15) is 19.2 Å². The Morgan fingerprint density at radius 1 is 0.871 bits per heavy atom. The van der Waals surface area contributed by atoms with Crippen molar-refractivity contribution in [2.24, 2.45) is 0 Å². The van der Waals surface area contributed by atoms with Gasteiger partial charge in [-0.25, -0.2) is 0 Å². The summed E-state index contributed by atoms with van der Waals surface area (Å²) >= 11 is 0. The lowest BCUT2D eigenvalue weighted by atomic mass is 9.87. The first-order chi connectivity index (χ1) is 14.6. The highest BCUT2D eigenvalue weighted by Crippen LogP contribution is 2.22. The molecule has 0 aromatic heterocycles. The summed E-state index contributed by atoms with van der Waals surface area (Å²) in [5.41, 5.74) is 2.67. The number of hydrogen-bond donors (Lipinski definition) is 2. The first-order valence-corrected chi connectivity index (χ1v) is 10.0. The van der Waals surface area contributed by atoms with Crippen molar-refractivity contribution in [3.05, 3.63) is 65.2 Å². The van der Waals surface area contributed by atoms with E-state index in [1.807, 2.05) is 12.1 Å². The van der Waals surface area contributed by atoms with Gasteiger partial charge in [0.25, 0.3) is 11.8 Å². The van der Waals surface area contributed by atoms with E-state index in [0.717, 1.165) is 5.56 Å². The number of Topliss-reactive ketones (excluding diaryl/α,β-unsaturated/α-hetero) is 1. The van der Waals surface area contributed by atoms with Crippen LogP contribution >= 0.6 is 0 Å². The molecule has 2 rings (SSSR count). The highest BCUT2D eigenvalue weighted by atomic mass is 16.5. The Labute approximate surface area is 182 Å². The maximum atomic E-state index is 12.2. The molecule has 0 saturated heterocycles. The van der Waals surface area contributed by atoms with E-state index in [-0.39, 0.29) is 30.1 Å². The molecule has 2 aromatic carbocycles. The molecule has 0 aliphatic rings. The summed E-state index contributed by atoms with van der Waals surface area (Å²) in [7, 11) is 0. The molecular formula is C24H28N2O5. The lowest BCUT2D eigenvalue weighted by Crippen LogP contribution is -2.27. The van der Waals surface area contributed by atoms with Crippen molar-refractivity contribution >= 4 is 29.3 Å². The molecule has 7 nitrogen and oxygen atoms in total. The first-order valence-electron chi connectivity index (χ1n) is 10.0. The van der Waals surface area contributed by atoms with Gasteiger partial charge in [0.15, 0.2) is 12.4 Å². The van der Waals surface area contributed by atoms with Crippen molar-refractivity contribution < 1.29 is 23.9 Å². The summed E-state index contributed by atoms with van der Waals surface area (Å²) in [6.45, 7) is 7.41. The van der Waals surface area contributed by atoms with Crippen LogP contribution in [0.2, 0.25) is 0 Å². The van der Waals surface area contributed by atoms with Crippen molar-refractivity contribution in [1.29, 1.82) is 0 Å². The summed E-state index contributed by atoms with van der Waals surface area (Å²) in [4.78, 5) is 47.1. The summed E-state index contributed by atoms with van der Waals surface area (Å²) in [5, 5.41) is 5.24. The third-order valence-electron chi connectivity index (χ3n) is 4.57. The number of rotatable bonds is 8. The Hall–Kier alpha value is -3.48. The minimum absolute atomic E-state index is 0.00304. The van der Waals surface area contributed by atoms with E-state index in [0.29, 0.717) is 16.8 Å². The SMILES string of the molecule is CC(=O)c1ccc(NC(=O)COC(=O)CCNC(=O)c2ccc(C(C)(C)C)cc2)cc1. The smallest absolute Gasteiger partial charge is 0.308 e. The number of amides is 2. The van der Waals surface area contributed by atoms with Gasteiger partial charge in [0.1, 0.15) is 0 Å². The van der Waals surface area contributed by atoms with Crippen LogP contribution < -0.4 is 10.6 Å². The van der Waals surface area contributed by atoms with Crippen LogP contribution in [0.5, 0.6) is 0 Å². The molecule has 0 unspecified atom stereocenters. The highest BCUT2D eigenvalue weighted by molar-refractivity contribution is 5.96. The molecule has 0 aliphatic carbocycles. The number of nitrogens with one attached hydrogen (secondary N) is 2. The van der Waals surface area contributed by atoms with Gasteiger partial charge in [0.05, 0.1) is 6.42 Å². The van der Waals surface area contributed by atoms with Crippen LogP contribution in [0.1, 0.15) is 60.4 Å². The fourth-order valence-electron chi connectivity index (χ4n) is 2.71. The quantitative estimate of drug-likeness (QED) is 0.499. The molecule has 0 radical (unpaired) electrons. The summed E-state index contributed by atoms with van der Waals surface area (Å²) in [6, 6.07) is 13.7. The molecule has 0 heterocycles. The molecule has 0 spiro atoms. The second kappa shape index (κ2) is 10.5. The number of hydrogen-bond acceptors (Lipinski definition) is 5. The van der Waals surface area contributed by atoms with Crippen LogP contribution in [-0.2, 0) is 19.7 Å². The Morgan fingerprint density at radius 3 is 2.00 bits per heavy atom. The Kier molecular flexibility index (Phi) is 8.07. The van der Waals surface area contributed by atoms with Crippen molar-refractivity contribution in [2.75, 3.05) is 18.5 Å².